The van der Waals surface area contributed by atoms with Crippen LogP contribution < -0.4 is 16.6 Å². The number of hydrogen-bond acceptors (Lipinski definition) is 6. The lowest BCUT2D eigenvalue weighted by Gasteiger charge is -2.15. The molecule has 7 nitrogen and oxygen atoms in total. The molecule has 1 aromatic carbocycles. The van der Waals surface area contributed by atoms with Gasteiger partial charge in [0.2, 0.25) is 0 Å². The molecule has 0 aliphatic carbocycles. The molecule has 0 saturated heterocycles. The van der Waals surface area contributed by atoms with Crippen molar-refractivity contribution in [2.45, 2.75) is 25.8 Å². The van der Waals surface area contributed by atoms with Gasteiger partial charge in [-0.2, -0.15) is 0 Å². The minimum Gasteiger partial charge on any atom is -0.469 e. The van der Waals surface area contributed by atoms with Crippen LogP contribution in [0.4, 0.5) is 17.1 Å². The summed E-state index contributed by atoms with van der Waals surface area (Å²) in [6.45, 7) is 1.97. The second-order valence-electron chi connectivity index (χ2n) is 4.77. The summed E-state index contributed by atoms with van der Waals surface area (Å²) in [4.78, 5) is 10.7. The highest BCUT2D eigenvalue weighted by molar-refractivity contribution is 5.75. The van der Waals surface area contributed by atoms with Gasteiger partial charge in [-0.25, -0.2) is 0 Å². The van der Waals surface area contributed by atoms with Crippen molar-refractivity contribution in [3.05, 3.63) is 52.5 Å². The lowest BCUT2D eigenvalue weighted by Crippen LogP contribution is -2.18. The third-order valence-corrected chi connectivity index (χ3v) is 3.18. The molecule has 112 valence electrons. The van der Waals surface area contributed by atoms with E-state index in [1.807, 2.05) is 19.1 Å². The Bertz CT molecular complexity index is 598. The zero-order valence-corrected chi connectivity index (χ0v) is 11.7. The van der Waals surface area contributed by atoms with Gasteiger partial charge in [0.1, 0.15) is 17.1 Å². The van der Waals surface area contributed by atoms with Gasteiger partial charge in [-0.1, -0.05) is 6.07 Å². The van der Waals surface area contributed by atoms with Gasteiger partial charge in [0.15, 0.2) is 0 Å². The largest absolute Gasteiger partial charge is 0.469 e. The number of nitrogens with two attached hydrogens (primary N) is 1. The van der Waals surface area contributed by atoms with Crippen molar-refractivity contribution in [3.8, 4) is 0 Å². The summed E-state index contributed by atoms with van der Waals surface area (Å²) in [7, 11) is 0. The molecule has 0 aliphatic heterocycles. The second-order valence-corrected chi connectivity index (χ2v) is 4.77. The van der Waals surface area contributed by atoms with Gasteiger partial charge in [0.05, 0.1) is 11.2 Å². The number of anilines is 2. The Hall–Kier alpha value is -2.54. The highest BCUT2D eigenvalue weighted by Crippen LogP contribution is 2.32. The molecule has 0 saturated carbocycles. The maximum Gasteiger partial charge on any atom is 0.316 e. The maximum atomic E-state index is 11.2. The fraction of sp³-hybridized carbons (Fsp3) is 0.286. The summed E-state index contributed by atoms with van der Waals surface area (Å²) in [5.41, 5.74) is 3.02. The number of nitro groups is 1. The number of nitrogen functional groups attached to an aromatic ring is 1. The molecule has 0 fully saturated rings. The van der Waals surface area contributed by atoms with E-state index < -0.39 is 4.92 Å². The van der Waals surface area contributed by atoms with Crippen LogP contribution in [0.1, 0.15) is 19.1 Å². The number of benzene rings is 1. The molecular weight excluding hydrogens is 272 g/mol. The van der Waals surface area contributed by atoms with E-state index in [1.54, 1.807) is 24.5 Å². The fourth-order valence-electron chi connectivity index (χ4n) is 2.12. The minimum atomic E-state index is -0.448. The van der Waals surface area contributed by atoms with Gasteiger partial charge >= 0.3 is 5.69 Å². The summed E-state index contributed by atoms with van der Waals surface area (Å²) in [6.07, 6.45) is 3.20. The van der Waals surface area contributed by atoms with Crippen LogP contribution in [0.25, 0.3) is 0 Å². The molecule has 1 atom stereocenters. The van der Waals surface area contributed by atoms with Crippen LogP contribution in [0.2, 0.25) is 0 Å². The highest BCUT2D eigenvalue weighted by Gasteiger charge is 2.20. The first kappa shape index (κ1) is 14.9. The topological polar surface area (TPSA) is 106 Å². The van der Waals surface area contributed by atoms with E-state index in [1.165, 1.54) is 0 Å². The van der Waals surface area contributed by atoms with Crippen molar-refractivity contribution in [2.75, 3.05) is 10.7 Å². The van der Waals surface area contributed by atoms with Crippen molar-refractivity contribution < 1.29 is 9.34 Å². The van der Waals surface area contributed by atoms with Gasteiger partial charge in [0.25, 0.3) is 0 Å². The molecule has 4 N–H and O–H groups in total. The summed E-state index contributed by atoms with van der Waals surface area (Å²) in [5.74, 6) is 6.21. The summed E-state index contributed by atoms with van der Waals surface area (Å²) >= 11 is 0. The van der Waals surface area contributed by atoms with E-state index in [0.717, 1.165) is 18.6 Å². The van der Waals surface area contributed by atoms with Crippen LogP contribution in [0.15, 0.2) is 41.0 Å². The Kier molecular flexibility index (Phi) is 4.78. The van der Waals surface area contributed by atoms with Crippen LogP contribution in [0.5, 0.6) is 0 Å². The monoisotopic (exact) mass is 290 g/mol. The molecule has 0 bridgehead atoms. The van der Waals surface area contributed by atoms with Crippen molar-refractivity contribution in [1.82, 2.24) is 0 Å². The summed E-state index contributed by atoms with van der Waals surface area (Å²) in [6, 6.07) is 8.76. The second kappa shape index (κ2) is 6.76. The number of rotatable bonds is 7. The van der Waals surface area contributed by atoms with Crippen molar-refractivity contribution in [2.24, 2.45) is 5.84 Å². The average molecular weight is 290 g/mol. The Balaban J connectivity index is 2.06. The van der Waals surface area contributed by atoms with Gasteiger partial charge < -0.3 is 15.2 Å². The molecule has 1 unspecified atom stereocenters. The third-order valence-electron chi connectivity index (χ3n) is 3.18. The molecule has 2 rings (SSSR count). The standard InChI is InChI=1S/C14H18N4O3/c1-10(7-8-11-4-3-9-21-11)16-12-5-2-6-13(17-15)14(12)18(19)20/h2-6,9-10,16-17H,7-8,15H2,1H3. The highest BCUT2D eigenvalue weighted by atomic mass is 16.6. The fourth-order valence-corrected chi connectivity index (χ4v) is 2.12. The number of nitro benzene ring substituents is 1. The Labute approximate surface area is 122 Å². The van der Waals surface area contributed by atoms with Crippen molar-refractivity contribution >= 4 is 17.1 Å². The predicted molar refractivity (Wildman–Crippen MR) is 81.0 cm³/mol. The lowest BCUT2D eigenvalue weighted by molar-refractivity contribution is -0.383. The number of hydrogen-bond donors (Lipinski definition) is 3. The summed E-state index contributed by atoms with van der Waals surface area (Å²) in [5, 5.41) is 14.3. The zero-order valence-electron chi connectivity index (χ0n) is 11.7. The molecular formula is C14H18N4O3. The first-order chi connectivity index (χ1) is 10.1. The van der Waals surface area contributed by atoms with Gasteiger partial charge in [0, 0.05) is 12.5 Å². The molecule has 1 aromatic heterocycles. The van der Waals surface area contributed by atoms with Gasteiger partial charge in [-0.15, -0.1) is 0 Å². The van der Waals surface area contributed by atoms with Crippen LogP contribution in [-0.2, 0) is 6.42 Å². The summed E-state index contributed by atoms with van der Waals surface area (Å²) < 4.78 is 5.27. The molecule has 0 spiro atoms. The molecule has 21 heavy (non-hydrogen) atoms. The molecule has 1 heterocycles. The predicted octanol–water partition coefficient (Wildman–Crippen LogP) is 2.91. The number of para-hydroxylation sites is 1. The molecule has 0 radical (unpaired) electrons. The average Bonchev–Trinajstić information content (AvgIpc) is 2.97. The molecule has 0 amide bonds. The van der Waals surface area contributed by atoms with E-state index >= 15 is 0 Å². The van der Waals surface area contributed by atoms with Crippen molar-refractivity contribution in [1.29, 1.82) is 0 Å². The zero-order chi connectivity index (χ0) is 15.2. The Morgan fingerprint density at radius 1 is 1.33 bits per heavy atom. The van der Waals surface area contributed by atoms with E-state index in [-0.39, 0.29) is 17.4 Å². The minimum absolute atomic E-state index is 0.0511. The molecule has 0 aliphatic rings. The van der Waals surface area contributed by atoms with Gasteiger partial charge in [-0.05, 0) is 37.6 Å². The number of nitrogens with zero attached hydrogens (tertiary/aromatic N) is 1. The number of nitrogens with one attached hydrogen (secondary N) is 2. The van der Waals surface area contributed by atoms with Crippen LogP contribution in [0, 0.1) is 10.1 Å². The third kappa shape index (κ3) is 3.73. The Morgan fingerprint density at radius 3 is 2.71 bits per heavy atom. The maximum absolute atomic E-state index is 11.2. The first-order valence-electron chi connectivity index (χ1n) is 6.64. The Morgan fingerprint density at radius 2 is 2.10 bits per heavy atom. The lowest BCUT2D eigenvalue weighted by atomic mass is 10.1. The smallest absolute Gasteiger partial charge is 0.316 e. The van der Waals surface area contributed by atoms with Crippen LogP contribution in [0.3, 0.4) is 0 Å². The molecule has 7 heteroatoms. The van der Waals surface area contributed by atoms with Crippen LogP contribution >= 0.6 is 0 Å². The quantitative estimate of drug-likeness (QED) is 0.411. The number of furan rings is 1. The van der Waals surface area contributed by atoms with Crippen LogP contribution in [-0.4, -0.2) is 11.0 Å². The van der Waals surface area contributed by atoms with E-state index in [0.29, 0.717) is 5.69 Å². The number of aryl methyl sites for hydroxylation is 1. The van der Waals surface area contributed by atoms with Crippen molar-refractivity contribution in [3.63, 3.8) is 0 Å². The normalized spacial score (nSPS) is 11.9. The molecule has 2 aromatic rings. The van der Waals surface area contributed by atoms with E-state index in [2.05, 4.69) is 10.7 Å². The van der Waals surface area contributed by atoms with E-state index in [4.69, 9.17) is 10.3 Å². The first-order valence-corrected chi connectivity index (χ1v) is 6.64. The van der Waals surface area contributed by atoms with Gasteiger partial charge in [-0.3, -0.25) is 16.0 Å². The SMILES string of the molecule is CC(CCc1ccco1)Nc1cccc(NN)c1[N+](=O)[O-]. The van der Waals surface area contributed by atoms with E-state index in [9.17, 15) is 10.1 Å². The number of hydrazine groups is 1.